The fourth-order valence-electron chi connectivity index (χ4n) is 1.99. The molecule has 0 radical (unpaired) electrons. The van der Waals surface area contributed by atoms with Gasteiger partial charge in [0.15, 0.2) is 0 Å². The molecule has 0 aromatic heterocycles. The number of hydrogen-bond acceptors (Lipinski definition) is 3. The van der Waals surface area contributed by atoms with Gasteiger partial charge in [-0.05, 0) is 19.3 Å². The van der Waals surface area contributed by atoms with E-state index in [-0.39, 0.29) is 19.4 Å². The maximum absolute atomic E-state index is 12.2. The first-order valence-corrected chi connectivity index (χ1v) is 5.11. The van der Waals surface area contributed by atoms with E-state index in [9.17, 15) is 22.8 Å². The standard InChI is InChI=1S/C10H13F3O3/c1-2-16-9(15)8-6(3-4-7(8)14)5-10(11,12)13/h6,8H,2-5H2,1H3. The zero-order chi connectivity index (χ0) is 12.3. The van der Waals surface area contributed by atoms with Gasteiger partial charge in [0.25, 0.3) is 0 Å². The molecule has 6 heteroatoms. The largest absolute Gasteiger partial charge is 0.465 e. The molecule has 0 aromatic rings. The van der Waals surface area contributed by atoms with Crippen molar-refractivity contribution in [3.63, 3.8) is 0 Å². The highest BCUT2D eigenvalue weighted by Gasteiger charge is 2.46. The lowest BCUT2D eigenvalue weighted by Gasteiger charge is -2.18. The van der Waals surface area contributed by atoms with E-state index in [1.165, 1.54) is 0 Å². The zero-order valence-electron chi connectivity index (χ0n) is 8.84. The Labute approximate surface area is 91.0 Å². The van der Waals surface area contributed by atoms with E-state index in [0.717, 1.165) is 0 Å². The van der Waals surface area contributed by atoms with Crippen molar-refractivity contribution in [3.05, 3.63) is 0 Å². The van der Waals surface area contributed by atoms with Gasteiger partial charge in [-0.1, -0.05) is 0 Å². The number of carbonyl (C=O) groups is 2. The summed E-state index contributed by atoms with van der Waals surface area (Å²) in [5.41, 5.74) is 0. The van der Waals surface area contributed by atoms with Crippen molar-refractivity contribution in [2.75, 3.05) is 6.61 Å². The molecule has 1 rings (SSSR count). The lowest BCUT2D eigenvalue weighted by molar-refractivity contribution is -0.160. The van der Waals surface area contributed by atoms with E-state index in [2.05, 4.69) is 4.74 Å². The second kappa shape index (κ2) is 4.84. The molecular formula is C10H13F3O3. The Hall–Kier alpha value is -1.07. The number of carbonyl (C=O) groups excluding carboxylic acids is 2. The van der Waals surface area contributed by atoms with E-state index in [1.807, 2.05) is 0 Å². The van der Waals surface area contributed by atoms with Crippen molar-refractivity contribution >= 4 is 11.8 Å². The zero-order valence-corrected chi connectivity index (χ0v) is 8.84. The van der Waals surface area contributed by atoms with Crippen LogP contribution in [0.4, 0.5) is 13.2 Å². The van der Waals surface area contributed by atoms with Crippen LogP contribution in [0.3, 0.4) is 0 Å². The second-order valence-corrected chi connectivity index (χ2v) is 3.81. The van der Waals surface area contributed by atoms with E-state index < -0.39 is 36.2 Å². The smallest absolute Gasteiger partial charge is 0.389 e. The normalized spacial score (nSPS) is 25.9. The Morgan fingerprint density at radius 3 is 2.62 bits per heavy atom. The van der Waals surface area contributed by atoms with Gasteiger partial charge in [-0.25, -0.2) is 0 Å². The molecule has 1 fully saturated rings. The number of Topliss-reactive ketones (excluding diaryl/α,β-unsaturated/α-hetero) is 1. The third-order valence-electron chi connectivity index (χ3n) is 2.61. The van der Waals surface area contributed by atoms with Crippen LogP contribution in [0.1, 0.15) is 26.2 Å². The average molecular weight is 238 g/mol. The second-order valence-electron chi connectivity index (χ2n) is 3.81. The SMILES string of the molecule is CCOC(=O)C1C(=O)CCC1CC(F)(F)F. The number of esters is 1. The summed E-state index contributed by atoms with van der Waals surface area (Å²) in [6, 6.07) is 0. The molecule has 0 amide bonds. The first-order valence-electron chi connectivity index (χ1n) is 5.11. The van der Waals surface area contributed by atoms with Crippen LogP contribution in [-0.4, -0.2) is 24.5 Å². The van der Waals surface area contributed by atoms with E-state index in [0.29, 0.717) is 0 Å². The minimum Gasteiger partial charge on any atom is -0.465 e. The van der Waals surface area contributed by atoms with Gasteiger partial charge in [-0.2, -0.15) is 13.2 Å². The highest BCUT2D eigenvalue weighted by molar-refractivity contribution is 6.00. The maximum Gasteiger partial charge on any atom is 0.389 e. The monoisotopic (exact) mass is 238 g/mol. The molecule has 1 saturated carbocycles. The molecule has 0 spiro atoms. The molecule has 1 aliphatic rings. The van der Waals surface area contributed by atoms with Gasteiger partial charge in [-0.15, -0.1) is 0 Å². The van der Waals surface area contributed by atoms with Crippen molar-refractivity contribution in [1.82, 2.24) is 0 Å². The Morgan fingerprint density at radius 1 is 1.50 bits per heavy atom. The molecule has 0 aromatic carbocycles. The molecule has 16 heavy (non-hydrogen) atoms. The number of alkyl halides is 3. The molecule has 0 N–H and O–H groups in total. The molecular weight excluding hydrogens is 225 g/mol. The van der Waals surface area contributed by atoms with Crippen molar-refractivity contribution in [2.24, 2.45) is 11.8 Å². The third kappa shape index (κ3) is 3.21. The van der Waals surface area contributed by atoms with Crippen molar-refractivity contribution in [3.8, 4) is 0 Å². The van der Waals surface area contributed by atoms with Gasteiger partial charge >= 0.3 is 12.1 Å². The average Bonchev–Trinajstić information content (AvgIpc) is 2.44. The first kappa shape index (κ1) is 13.0. The summed E-state index contributed by atoms with van der Waals surface area (Å²) in [7, 11) is 0. The predicted molar refractivity (Wildman–Crippen MR) is 48.5 cm³/mol. The van der Waals surface area contributed by atoms with Gasteiger partial charge in [0.1, 0.15) is 11.7 Å². The minimum atomic E-state index is -4.35. The van der Waals surface area contributed by atoms with Gasteiger partial charge < -0.3 is 4.74 Å². The summed E-state index contributed by atoms with van der Waals surface area (Å²) in [6.45, 7) is 1.62. The summed E-state index contributed by atoms with van der Waals surface area (Å²) in [4.78, 5) is 22.7. The van der Waals surface area contributed by atoms with Crippen LogP contribution in [-0.2, 0) is 14.3 Å². The van der Waals surface area contributed by atoms with Crippen molar-refractivity contribution in [2.45, 2.75) is 32.4 Å². The summed E-state index contributed by atoms with van der Waals surface area (Å²) in [6.07, 6.45) is -5.30. The van der Waals surface area contributed by atoms with Crippen molar-refractivity contribution < 1.29 is 27.5 Å². The van der Waals surface area contributed by atoms with Gasteiger partial charge in [0, 0.05) is 12.8 Å². The van der Waals surface area contributed by atoms with Gasteiger partial charge in [0.05, 0.1) is 6.61 Å². The van der Waals surface area contributed by atoms with Crippen LogP contribution in [0, 0.1) is 11.8 Å². The van der Waals surface area contributed by atoms with Crippen LogP contribution >= 0.6 is 0 Å². The lowest BCUT2D eigenvalue weighted by Crippen LogP contribution is -2.29. The van der Waals surface area contributed by atoms with E-state index in [1.54, 1.807) is 6.92 Å². The topological polar surface area (TPSA) is 43.4 Å². The number of ketones is 1. The Morgan fingerprint density at radius 2 is 2.12 bits per heavy atom. The van der Waals surface area contributed by atoms with E-state index >= 15 is 0 Å². The quantitative estimate of drug-likeness (QED) is 0.558. The fraction of sp³-hybridized carbons (Fsp3) is 0.800. The number of ether oxygens (including phenoxy) is 1. The van der Waals surface area contributed by atoms with Gasteiger partial charge in [-0.3, -0.25) is 9.59 Å². The Bertz CT molecular complexity index is 286. The number of hydrogen-bond donors (Lipinski definition) is 0. The predicted octanol–water partition coefficient (Wildman–Crippen LogP) is 2.10. The molecule has 0 saturated heterocycles. The summed E-state index contributed by atoms with van der Waals surface area (Å²) >= 11 is 0. The Balaban J connectivity index is 2.70. The molecule has 2 unspecified atom stereocenters. The number of halogens is 3. The first-order chi connectivity index (χ1) is 7.35. The Kier molecular flexibility index (Phi) is 3.93. The summed E-state index contributed by atoms with van der Waals surface area (Å²) in [5.74, 6) is -3.43. The van der Waals surface area contributed by atoms with Crippen LogP contribution in [0.15, 0.2) is 0 Å². The third-order valence-corrected chi connectivity index (χ3v) is 2.61. The maximum atomic E-state index is 12.2. The molecule has 0 aliphatic heterocycles. The van der Waals surface area contributed by atoms with Crippen LogP contribution in [0.2, 0.25) is 0 Å². The molecule has 2 atom stereocenters. The summed E-state index contributed by atoms with van der Waals surface area (Å²) < 4.78 is 41.2. The molecule has 0 heterocycles. The number of rotatable bonds is 3. The summed E-state index contributed by atoms with van der Waals surface area (Å²) in [5, 5.41) is 0. The van der Waals surface area contributed by atoms with Gasteiger partial charge in [0.2, 0.25) is 0 Å². The molecule has 92 valence electrons. The highest BCUT2D eigenvalue weighted by Crippen LogP contribution is 2.38. The minimum absolute atomic E-state index is 0.0320. The van der Waals surface area contributed by atoms with E-state index in [4.69, 9.17) is 0 Å². The fourth-order valence-corrected chi connectivity index (χ4v) is 1.99. The molecule has 1 aliphatic carbocycles. The van der Waals surface area contributed by atoms with Crippen molar-refractivity contribution in [1.29, 1.82) is 0 Å². The molecule has 3 nitrogen and oxygen atoms in total. The van der Waals surface area contributed by atoms with Crippen LogP contribution in [0.25, 0.3) is 0 Å². The lowest BCUT2D eigenvalue weighted by atomic mass is 9.92. The highest BCUT2D eigenvalue weighted by atomic mass is 19.4. The van der Waals surface area contributed by atoms with Crippen LogP contribution < -0.4 is 0 Å². The van der Waals surface area contributed by atoms with Crippen LogP contribution in [0.5, 0.6) is 0 Å². The molecule has 0 bridgehead atoms.